The van der Waals surface area contributed by atoms with Gasteiger partial charge in [-0.1, -0.05) is 47.6 Å². The third kappa shape index (κ3) is 3.73. The maximum absolute atomic E-state index is 9.88. The molecule has 4 heteroatoms. The molecule has 0 aromatic carbocycles. The molecule has 0 aliphatic carbocycles. The van der Waals surface area contributed by atoms with E-state index in [0.717, 1.165) is 0 Å². The second kappa shape index (κ2) is 7.21. The SMILES string of the molecule is C=CC[C@H](O)[C@H]1O[C@@H]1CO[Si](C(C)C)(C(C)C)C(C)C. The van der Waals surface area contributed by atoms with Crippen LogP contribution in [0.4, 0.5) is 0 Å². The summed E-state index contributed by atoms with van der Waals surface area (Å²) in [6.45, 7) is 18.0. The molecule has 1 saturated heterocycles. The van der Waals surface area contributed by atoms with Gasteiger partial charge in [-0.05, 0) is 23.0 Å². The van der Waals surface area contributed by atoms with Crippen molar-refractivity contribution in [3.63, 3.8) is 0 Å². The van der Waals surface area contributed by atoms with Gasteiger partial charge in [-0.2, -0.15) is 0 Å². The van der Waals surface area contributed by atoms with E-state index >= 15 is 0 Å². The molecule has 1 rings (SSSR count). The lowest BCUT2D eigenvalue weighted by molar-refractivity contribution is 0.138. The first-order valence-electron chi connectivity index (χ1n) is 7.85. The van der Waals surface area contributed by atoms with E-state index in [-0.39, 0.29) is 12.2 Å². The van der Waals surface area contributed by atoms with E-state index in [1.54, 1.807) is 6.08 Å². The summed E-state index contributed by atoms with van der Waals surface area (Å²) in [5.74, 6) is 0. The fraction of sp³-hybridized carbons (Fsp3) is 0.875. The molecule has 3 nitrogen and oxygen atoms in total. The molecule has 1 aliphatic rings. The Morgan fingerprint density at radius 1 is 1.15 bits per heavy atom. The first kappa shape index (κ1) is 17.9. The van der Waals surface area contributed by atoms with Crippen molar-refractivity contribution in [2.45, 2.75) is 82.9 Å². The van der Waals surface area contributed by atoms with Gasteiger partial charge in [-0.3, -0.25) is 0 Å². The molecular weight excluding hydrogens is 268 g/mol. The summed E-state index contributed by atoms with van der Waals surface area (Å²) in [6, 6.07) is 0. The highest BCUT2D eigenvalue weighted by Gasteiger charge is 2.49. The number of aliphatic hydroxyl groups is 1. The first-order chi connectivity index (χ1) is 9.27. The van der Waals surface area contributed by atoms with Gasteiger partial charge >= 0.3 is 0 Å². The Morgan fingerprint density at radius 2 is 1.65 bits per heavy atom. The molecule has 1 heterocycles. The number of ether oxygens (including phenoxy) is 1. The van der Waals surface area contributed by atoms with Crippen LogP contribution < -0.4 is 0 Å². The highest BCUT2D eigenvalue weighted by molar-refractivity contribution is 6.77. The van der Waals surface area contributed by atoms with Crippen LogP contribution in [0.5, 0.6) is 0 Å². The van der Waals surface area contributed by atoms with Crippen LogP contribution in [0.1, 0.15) is 48.0 Å². The highest BCUT2D eigenvalue weighted by Crippen LogP contribution is 2.43. The molecule has 0 aromatic rings. The molecule has 3 atom stereocenters. The van der Waals surface area contributed by atoms with Crippen molar-refractivity contribution in [3.05, 3.63) is 12.7 Å². The second-order valence-corrected chi connectivity index (χ2v) is 12.3. The van der Waals surface area contributed by atoms with E-state index in [9.17, 15) is 5.11 Å². The second-order valence-electron chi connectivity index (χ2n) is 6.86. The third-order valence-electron chi connectivity index (χ3n) is 4.61. The summed E-state index contributed by atoms with van der Waals surface area (Å²) in [6.07, 6.45) is 1.88. The number of rotatable bonds is 9. The fourth-order valence-corrected chi connectivity index (χ4v) is 9.11. The van der Waals surface area contributed by atoms with E-state index in [1.807, 2.05) is 0 Å². The number of hydrogen-bond acceptors (Lipinski definition) is 3. The van der Waals surface area contributed by atoms with E-state index in [2.05, 4.69) is 48.1 Å². The molecule has 1 aliphatic heterocycles. The van der Waals surface area contributed by atoms with Gasteiger partial charge in [0.2, 0.25) is 0 Å². The van der Waals surface area contributed by atoms with Gasteiger partial charge in [0.05, 0.1) is 12.7 Å². The molecule has 1 N–H and O–H groups in total. The summed E-state index contributed by atoms with van der Waals surface area (Å²) < 4.78 is 12.0. The minimum absolute atomic E-state index is 0.0630. The third-order valence-corrected chi connectivity index (χ3v) is 10.7. The molecule has 0 radical (unpaired) electrons. The van der Waals surface area contributed by atoms with Crippen molar-refractivity contribution in [2.24, 2.45) is 0 Å². The zero-order valence-electron chi connectivity index (χ0n) is 13.9. The molecule has 0 aromatic heterocycles. The maximum Gasteiger partial charge on any atom is 0.200 e. The summed E-state index contributed by atoms with van der Waals surface area (Å²) >= 11 is 0. The molecular formula is C16H32O3Si. The number of hydrogen-bond donors (Lipinski definition) is 1. The zero-order valence-corrected chi connectivity index (χ0v) is 14.9. The van der Waals surface area contributed by atoms with Gasteiger partial charge in [-0.15, -0.1) is 6.58 Å². The van der Waals surface area contributed by atoms with Crippen molar-refractivity contribution < 1.29 is 14.3 Å². The predicted octanol–water partition coefficient (Wildman–Crippen LogP) is 3.88. The first-order valence-corrected chi connectivity index (χ1v) is 9.99. The highest BCUT2D eigenvalue weighted by atomic mass is 28.4. The summed E-state index contributed by atoms with van der Waals surface area (Å²) in [5, 5.41) is 9.88. The lowest BCUT2D eigenvalue weighted by atomic mass is 10.1. The Hall–Kier alpha value is -0.163. The lowest BCUT2D eigenvalue weighted by Crippen LogP contribution is -2.48. The Bertz CT molecular complexity index is 293. The van der Waals surface area contributed by atoms with Crippen LogP contribution >= 0.6 is 0 Å². The molecule has 0 spiro atoms. The zero-order chi connectivity index (χ0) is 15.5. The number of epoxide rings is 1. The van der Waals surface area contributed by atoms with E-state index in [4.69, 9.17) is 9.16 Å². The molecule has 1 fully saturated rings. The Kier molecular flexibility index (Phi) is 6.45. The molecule has 0 bridgehead atoms. The lowest BCUT2D eigenvalue weighted by Gasteiger charge is -2.42. The fourth-order valence-electron chi connectivity index (χ4n) is 3.66. The Morgan fingerprint density at radius 3 is 2.05 bits per heavy atom. The van der Waals surface area contributed by atoms with Crippen LogP contribution in [0.2, 0.25) is 16.6 Å². The van der Waals surface area contributed by atoms with Gasteiger partial charge in [0.15, 0.2) is 8.32 Å². The van der Waals surface area contributed by atoms with Crippen LogP contribution in [-0.2, 0) is 9.16 Å². The van der Waals surface area contributed by atoms with Crippen molar-refractivity contribution in [2.75, 3.05) is 6.61 Å². The molecule has 0 amide bonds. The normalized spacial score (nSPS) is 24.5. The Balaban J connectivity index is 2.59. The number of aliphatic hydroxyl groups excluding tert-OH is 1. The van der Waals surface area contributed by atoms with Crippen LogP contribution in [0.3, 0.4) is 0 Å². The van der Waals surface area contributed by atoms with Crippen LogP contribution in [0.25, 0.3) is 0 Å². The summed E-state index contributed by atoms with van der Waals surface area (Å²) in [7, 11) is -1.82. The average molecular weight is 301 g/mol. The molecule has 20 heavy (non-hydrogen) atoms. The predicted molar refractivity (Wildman–Crippen MR) is 86.5 cm³/mol. The molecule has 118 valence electrons. The largest absolute Gasteiger partial charge is 0.413 e. The van der Waals surface area contributed by atoms with Gasteiger partial charge in [0.25, 0.3) is 0 Å². The summed E-state index contributed by atoms with van der Waals surface area (Å²) in [5.41, 5.74) is 1.74. The average Bonchev–Trinajstić information content (AvgIpc) is 3.08. The van der Waals surface area contributed by atoms with Gasteiger partial charge in [-0.25, -0.2) is 0 Å². The van der Waals surface area contributed by atoms with E-state index in [0.29, 0.717) is 29.7 Å². The molecule has 0 saturated carbocycles. The van der Waals surface area contributed by atoms with E-state index < -0.39 is 14.4 Å². The van der Waals surface area contributed by atoms with Crippen LogP contribution in [0, 0.1) is 0 Å². The minimum Gasteiger partial charge on any atom is -0.413 e. The van der Waals surface area contributed by atoms with Crippen molar-refractivity contribution in [1.29, 1.82) is 0 Å². The standard InChI is InChI=1S/C16H32O3Si/c1-8-9-14(17)16-15(19-16)10-18-20(11(2)3,12(4)5)13(6)7/h8,11-17H,1,9-10H2,2-7H3/t14-,15+,16+/m0/s1. The van der Waals surface area contributed by atoms with Crippen molar-refractivity contribution in [1.82, 2.24) is 0 Å². The van der Waals surface area contributed by atoms with Gasteiger partial charge in [0, 0.05) is 0 Å². The van der Waals surface area contributed by atoms with Crippen molar-refractivity contribution >= 4 is 8.32 Å². The van der Waals surface area contributed by atoms with Gasteiger partial charge in [0.1, 0.15) is 12.2 Å². The Labute approximate surface area is 125 Å². The topological polar surface area (TPSA) is 42.0 Å². The quantitative estimate of drug-likeness (QED) is 0.399. The minimum atomic E-state index is -1.82. The van der Waals surface area contributed by atoms with Crippen LogP contribution in [-0.4, -0.2) is 38.3 Å². The van der Waals surface area contributed by atoms with Gasteiger partial charge < -0.3 is 14.3 Å². The monoisotopic (exact) mass is 300 g/mol. The summed E-state index contributed by atoms with van der Waals surface area (Å²) in [4.78, 5) is 0. The smallest absolute Gasteiger partial charge is 0.200 e. The van der Waals surface area contributed by atoms with Crippen molar-refractivity contribution in [3.8, 4) is 0 Å². The molecule has 0 unspecified atom stereocenters. The van der Waals surface area contributed by atoms with Crippen LogP contribution in [0.15, 0.2) is 12.7 Å². The maximum atomic E-state index is 9.88. The van der Waals surface area contributed by atoms with E-state index in [1.165, 1.54) is 0 Å².